The molecule has 2 heterocycles. The highest BCUT2D eigenvalue weighted by Crippen LogP contribution is 2.48. The van der Waals surface area contributed by atoms with Crippen LogP contribution in [-0.4, -0.2) is 12.1 Å². The van der Waals surface area contributed by atoms with Crippen LogP contribution in [0.5, 0.6) is 0 Å². The van der Waals surface area contributed by atoms with Crippen LogP contribution in [0.4, 0.5) is 0 Å². The molecule has 4 bridgehead atoms. The molecule has 0 aromatic carbocycles. The standard InChI is InChI=1S/C8H13N/c1-5-2-8-4-6(5)3-7(1)9-8/h5-9H,1-4H2. The summed E-state index contributed by atoms with van der Waals surface area (Å²) in [5.74, 6) is 2.28. The van der Waals surface area contributed by atoms with E-state index in [1.807, 2.05) is 0 Å². The molecule has 4 fully saturated rings. The molecular formula is C8H13N. The summed E-state index contributed by atoms with van der Waals surface area (Å²) in [4.78, 5) is 0. The fraction of sp³-hybridized carbons (Fsp3) is 1.00. The first kappa shape index (κ1) is 4.73. The Hall–Kier alpha value is -0.0400. The van der Waals surface area contributed by atoms with E-state index in [4.69, 9.17) is 0 Å². The second kappa shape index (κ2) is 1.34. The van der Waals surface area contributed by atoms with Crippen molar-refractivity contribution in [2.75, 3.05) is 0 Å². The zero-order valence-corrected chi connectivity index (χ0v) is 5.64. The second-order valence-corrected chi connectivity index (χ2v) is 4.02. The molecule has 1 heteroatoms. The van der Waals surface area contributed by atoms with E-state index in [1.165, 1.54) is 25.7 Å². The lowest BCUT2D eigenvalue weighted by atomic mass is 10.0. The monoisotopic (exact) mass is 123 g/mol. The molecule has 0 unspecified atom stereocenters. The number of hydrogen-bond acceptors (Lipinski definition) is 1. The zero-order valence-electron chi connectivity index (χ0n) is 5.64. The van der Waals surface area contributed by atoms with E-state index in [2.05, 4.69) is 5.32 Å². The summed E-state index contributed by atoms with van der Waals surface area (Å²) < 4.78 is 0. The van der Waals surface area contributed by atoms with Crippen molar-refractivity contribution in [1.29, 1.82) is 0 Å². The van der Waals surface area contributed by atoms with E-state index in [0.717, 1.165) is 23.9 Å². The highest BCUT2D eigenvalue weighted by atomic mass is 15.0. The van der Waals surface area contributed by atoms with Gasteiger partial charge in [0.15, 0.2) is 0 Å². The van der Waals surface area contributed by atoms with Crippen LogP contribution in [0.1, 0.15) is 25.7 Å². The molecular weight excluding hydrogens is 110 g/mol. The highest BCUT2D eigenvalue weighted by molar-refractivity contribution is 5.03. The summed E-state index contributed by atoms with van der Waals surface area (Å²) in [6.45, 7) is 0. The molecule has 2 saturated carbocycles. The van der Waals surface area contributed by atoms with Gasteiger partial charge in [0.05, 0.1) is 0 Å². The molecule has 0 aromatic rings. The van der Waals surface area contributed by atoms with Gasteiger partial charge in [-0.15, -0.1) is 0 Å². The zero-order chi connectivity index (χ0) is 5.84. The third-order valence-corrected chi connectivity index (χ3v) is 3.49. The lowest BCUT2D eigenvalue weighted by molar-refractivity contribution is 0.334. The van der Waals surface area contributed by atoms with Gasteiger partial charge in [0.2, 0.25) is 0 Å². The summed E-state index contributed by atoms with van der Waals surface area (Å²) in [6, 6.07) is 1.87. The first-order chi connectivity index (χ1) is 4.42. The Morgan fingerprint density at radius 1 is 0.778 bits per heavy atom. The molecule has 0 aromatic heterocycles. The smallest absolute Gasteiger partial charge is 0.00751 e. The quantitative estimate of drug-likeness (QED) is 0.509. The maximum absolute atomic E-state index is 3.67. The summed E-state index contributed by atoms with van der Waals surface area (Å²) in [5.41, 5.74) is 0. The molecule has 9 heavy (non-hydrogen) atoms. The average Bonchev–Trinajstić information content (AvgIpc) is 2.20. The number of hydrogen-bond donors (Lipinski definition) is 1. The minimum Gasteiger partial charge on any atom is -0.311 e. The molecule has 50 valence electrons. The van der Waals surface area contributed by atoms with Crippen molar-refractivity contribution in [3.63, 3.8) is 0 Å². The summed E-state index contributed by atoms with van der Waals surface area (Å²) >= 11 is 0. The number of rotatable bonds is 0. The molecule has 0 atom stereocenters. The Kier molecular flexibility index (Phi) is 0.704. The predicted octanol–water partition coefficient (Wildman–Crippen LogP) is 1.15. The van der Waals surface area contributed by atoms with E-state index >= 15 is 0 Å². The molecule has 2 aliphatic heterocycles. The molecule has 1 N–H and O–H groups in total. The van der Waals surface area contributed by atoms with Gasteiger partial charge in [-0.25, -0.2) is 0 Å². The Balaban J connectivity index is 2.00. The summed E-state index contributed by atoms with van der Waals surface area (Å²) in [5, 5.41) is 3.67. The lowest BCUT2D eigenvalue weighted by Crippen LogP contribution is -2.40. The highest BCUT2D eigenvalue weighted by Gasteiger charge is 2.46. The van der Waals surface area contributed by atoms with Crippen LogP contribution >= 0.6 is 0 Å². The van der Waals surface area contributed by atoms with Crippen molar-refractivity contribution in [2.45, 2.75) is 37.8 Å². The molecule has 0 amide bonds. The van der Waals surface area contributed by atoms with Gasteiger partial charge in [-0.2, -0.15) is 0 Å². The summed E-state index contributed by atoms with van der Waals surface area (Å²) in [6.07, 6.45) is 6.00. The minimum atomic E-state index is 0.937. The fourth-order valence-corrected chi connectivity index (χ4v) is 3.22. The maximum Gasteiger partial charge on any atom is 0.00751 e. The van der Waals surface area contributed by atoms with Gasteiger partial charge in [0, 0.05) is 12.1 Å². The molecule has 2 aliphatic carbocycles. The van der Waals surface area contributed by atoms with Crippen LogP contribution in [0, 0.1) is 11.8 Å². The normalized spacial score (nSPS) is 61.3. The van der Waals surface area contributed by atoms with Crippen LogP contribution in [0.15, 0.2) is 0 Å². The van der Waals surface area contributed by atoms with Gasteiger partial charge >= 0.3 is 0 Å². The van der Waals surface area contributed by atoms with Gasteiger partial charge in [0.1, 0.15) is 0 Å². The van der Waals surface area contributed by atoms with Crippen LogP contribution in [0.3, 0.4) is 0 Å². The SMILES string of the molecule is C1C2CC3CC(CC13)N2. The van der Waals surface area contributed by atoms with Crippen molar-refractivity contribution in [1.82, 2.24) is 5.32 Å². The minimum absolute atomic E-state index is 0.937. The van der Waals surface area contributed by atoms with E-state index < -0.39 is 0 Å². The third-order valence-electron chi connectivity index (χ3n) is 3.49. The fourth-order valence-electron chi connectivity index (χ4n) is 3.22. The van der Waals surface area contributed by atoms with Gasteiger partial charge in [0.25, 0.3) is 0 Å². The molecule has 4 rings (SSSR count). The van der Waals surface area contributed by atoms with Crippen molar-refractivity contribution in [3.8, 4) is 0 Å². The van der Waals surface area contributed by atoms with Crippen molar-refractivity contribution in [2.24, 2.45) is 11.8 Å². The average molecular weight is 123 g/mol. The Labute approximate surface area is 55.8 Å². The Morgan fingerprint density at radius 2 is 1.22 bits per heavy atom. The van der Waals surface area contributed by atoms with E-state index in [1.54, 1.807) is 0 Å². The first-order valence-corrected chi connectivity index (χ1v) is 4.18. The number of piperidine rings is 2. The topological polar surface area (TPSA) is 12.0 Å². The molecule has 1 nitrogen and oxygen atoms in total. The van der Waals surface area contributed by atoms with Gasteiger partial charge < -0.3 is 5.32 Å². The van der Waals surface area contributed by atoms with Crippen molar-refractivity contribution >= 4 is 0 Å². The molecule has 2 saturated heterocycles. The van der Waals surface area contributed by atoms with Gasteiger partial charge in [-0.3, -0.25) is 0 Å². The van der Waals surface area contributed by atoms with E-state index in [-0.39, 0.29) is 0 Å². The first-order valence-electron chi connectivity index (χ1n) is 4.18. The van der Waals surface area contributed by atoms with Crippen molar-refractivity contribution < 1.29 is 0 Å². The van der Waals surface area contributed by atoms with Crippen molar-refractivity contribution in [3.05, 3.63) is 0 Å². The van der Waals surface area contributed by atoms with Crippen LogP contribution in [-0.2, 0) is 0 Å². The molecule has 0 spiro atoms. The molecule has 0 radical (unpaired) electrons. The predicted molar refractivity (Wildman–Crippen MR) is 36.2 cm³/mol. The summed E-state index contributed by atoms with van der Waals surface area (Å²) in [7, 11) is 0. The second-order valence-electron chi connectivity index (χ2n) is 4.02. The Morgan fingerprint density at radius 3 is 1.56 bits per heavy atom. The van der Waals surface area contributed by atoms with E-state index in [0.29, 0.717) is 0 Å². The maximum atomic E-state index is 3.67. The van der Waals surface area contributed by atoms with Gasteiger partial charge in [-0.05, 0) is 37.5 Å². The van der Waals surface area contributed by atoms with Crippen LogP contribution in [0.25, 0.3) is 0 Å². The van der Waals surface area contributed by atoms with Gasteiger partial charge in [-0.1, -0.05) is 0 Å². The lowest BCUT2D eigenvalue weighted by Gasteiger charge is -2.26. The Bertz CT molecular complexity index is 110. The van der Waals surface area contributed by atoms with Crippen LogP contribution in [0.2, 0.25) is 0 Å². The third kappa shape index (κ3) is 0.493. The largest absolute Gasteiger partial charge is 0.311 e. The number of nitrogens with one attached hydrogen (secondary N) is 1. The van der Waals surface area contributed by atoms with E-state index in [9.17, 15) is 0 Å². The van der Waals surface area contributed by atoms with Crippen LogP contribution < -0.4 is 5.32 Å². The molecule has 4 aliphatic rings.